The van der Waals surface area contributed by atoms with Crippen LogP contribution in [0, 0.1) is 13.8 Å². The molecule has 0 bridgehead atoms. The second-order valence-corrected chi connectivity index (χ2v) is 4.12. The molecule has 0 spiro atoms. The average molecular weight is 207 g/mol. The second-order valence-electron chi connectivity index (χ2n) is 4.12. The zero-order chi connectivity index (χ0) is 11.6. The Labute approximate surface area is 90.0 Å². The average Bonchev–Trinajstić information content (AvgIpc) is 2.41. The van der Waals surface area contributed by atoms with Gasteiger partial charge in [-0.15, -0.1) is 0 Å². The van der Waals surface area contributed by atoms with Crippen LogP contribution in [0.3, 0.4) is 0 Å². The van der Waals surface area contributed by atoms with Crippen LogP contribution in [0.4, 0.5) is 0 Å². The number of aryl methyl sites for hydroxylation is 2. The van der Waals surface area contributed by atoms with E-state index < -0.39 is 5.54 Å². The highest BCUT2D eigenvalue weighted by atomic mass is 16.1. The molecule has 0 unspecified atom stereocenters. The fourth-order valence-electron chi connectivity index (χ4n) is 2.06. The summed E-state index contributed by atoms with van der Waals surface area (Å²) in [6.45, 7) is 10.6. The van der Waals surface area contributed by atoms with Gasteiger partial charge in [-0.3, -0.25) is 4.68 Å². The Hall–Kier alpha value is -1.41. The first-order valence-electron chi connectivity index (χ1n) is 5.07. The van der Waals surface area contributed by atoms with Crippen LogP contribution in [0.5, 0.6) is 0 Å². The van der Waals surface area contributed by atoms with Crippen LogP contribution in [0.15, 0.2) is 4.99 Å². The van der Waals surface area contributed by atoms with Gasteiger partial charge in [0, 0.05) is 17.8 Å². The van der Waals surface area contributed by atoms with Gasteiger partial charge in [0.25, 0.3) is 0 Å². The molecule has 1 aromatic heterocycles. The lowest BCUT2D eigenvalue weighted by molar-refractivity contribution is 0.518. The van der Waals surface area contributed by atoms with Crippen molar-refractivity contribution in [2.75, 3.05) is 0 Å². The van der Waals surface area contributed by atoms with Crippen molar-refractivity contribution >= 4 is 6.08 Å². The molecule has 1 heterocycles. The first-order valence-corrected chi connectivity index (χ1v) is 5.07. The third kappa shape index (κ3) is 2.00. The predicted octanol–water partition coefficient (Wildman–Crippen LogP) is 2.09. The Bertz CT molecular complexity index is 412. The summed E-state index contributed by atoms with van der Waals surface area (Å²) in [6, 6.07) is 0. The monoisotopic (exact) mass is 207 g/mol. The predicted molar refractivity (Wildman–Crippen MR) is 58.5 cm³/mol. The maximum absolute atomic E-state index is 10.4. The van der Waals surface area contributed by atoms with Crippen molar-refractivity contribution < 1.29 is 4.79 Å². The Balaban J connectivity index is 3.36. The smallest absolute Gasteiger partial charge is 0.235 e. The fraction of sp³-hybridized carbons (Fsp3) is 0.636. The molecule has 0 N–H and O–H groups in total. The summed E-state index contributed by atoms with van der Waals surface area (Å²) in [4.78, 5) is 14.2. The zero-order valence-electron chi connectivity index (χ0n) is 9.96. The number of hydrogen-bond acceptors (Lipinski definition) is 3. The van der Waals surface area contributed by atoms with E-state index in [2.05, 4.69) is 10.1 Å². The van der Waals surface area contributed by atoms with Crippen molar-refractivity contribution in [1.29, 1.82) is 0 Å². The minimum absolute atomic E-state index is 0.538. The van der Waals surface area contributed by atoms with E-state index in [1.807, 2.05) is 39.3 Å². The number of rotatable bonds is 3. The molecule has 4 nitrogen and oxygen atoms in total. The van der Waals surface area contributed by atoms with Crippen LogP contribution in [0.25, 0.3) is 0 Å². The minimum atomic E-state index is -0.538. The maximum atomic E-state index is 10.4. The summed E-state index contributed by atoms with van der Waals surface area (Å²) in [5.41, 5.74) is 2.48. The lowest BCUT2D eigenvalue weighted by Gasteiger charge is -2.18. The number of aliphatic imine (C=N–C) groups is 1. The van der Waals surface area contributed by atoms with Crippen LogP contribution in [-0.2, 0) is 16.9 Å². The van der Waals surface area contributed by atoms with Gasteiger partial charge in [0.15, 0.2) is 0 Å². The van der Waals surface area contributed by atoms with E-state index in [1.165, 1.54) is 0 Å². The van der Waals surface area contributed by atoms with Crippen LogP contribution in [0.1, 0.15) is 37.7 Å². The van der Waals surface area contributed by atoms with Gasteiger partial charge in [0.2, 0.25) is 6.08 Å². The number of aromatic nitrogens is 2. The van der Waals surface area contributed by atoms with Gasteiger partial charge in [-0.05, 0) is 34.6 Å². The molecule has 0 radical (unpaired) electrons. The molecule has 0 aliphatic heterocycles. The summed E-state index contributed by atoms with van der Waals surface area (Å²) < 4.78 is 1.92. The van der Waals surface area contributed by atoms with Gasteiger partial charge in [-0.2, -0.15) is 10.1 Å². The topological polar surface area (TPSA) is 47.2 Å². The molecule has 1 rings (SSSR count). The first kappa shape index (κ1) is 11.7. The van der Waals surface area contributed by atoms with Crippen molar-refractivity contribution in [2.45, 2.75) is 46.7 Å². The van der Waals surface area contributed by atoms with Gasteiger partial charge >= 0.3 is 0 Å². The van der Waals surface area contributed by atoms with E-state index in [-0.39, 0.29) is 0 Å². The van der Waals surface area contributed by atoms with Crippen molar-refractivity contribution in [3.05, 3.63) is 17.0 Å². The van der Waals surface area contributed by atoms with Gasteiger partial charge in [0.1, 0.15) is 0 Å². The Morgan fingerprint density at radius 3 is 2.47 bits per heavy atom. The summed E-state index contributed by atoms with van der Waals surface area (Å²) in [6.07, 6.45) is 1.63. The van der Waals surface area contributed by atoms with Gasteiger partial charge in [-0.25, -0.2) is 4.79 Å². The van der Waals surface area contributed by atoms with Crippen molar-refractivity contribution in [3.63, 3.8) is 0 Å². The van der Waals surface area contributed by atoms with E-state index in [0.717, 1.165) is 23.5 Å². The summed E-state index contributed by atoms with van der Waals surface area (Å²) in [5, 5.41) is 4.40. The number of nitrogens with zero attached hydrogens (tertiary/aromatic N) is 3. The minimum Gasteiger partial charge on any atom is -0.270 e. The lowest BCUT2D eigenvalue weighted by Crippen LogP contribution is -2.16. The molecule has 4 heteroatoms. The van der Waals surface area contributed by atoms with Gasteiger partial charge in [-0.1, -0.05) is 0 Å². The van der Waals surface area contributed by atoms with E-state index >= 15 is 0 Å². The molecular formula is C11H17N3O. The van der Waals surface area contributed by atoms with Crippen LogP contribution in [0.2, 0.25) is 0 Å². The third-order valence-electron chi connectivity index (χ3n) is 2.62. The molecule has 1 aromatic rings. The molecule has 0 amide bonds. The Morgan fingerprint density at radius 2 is 2.07 bits per heavy atom. The highest BCUT2D eigenvalue weighted by Gasteiger charge is 2.27. The van der Waals surface area contributed by atoms with Crippen molar-refractivity contribution in [2.24, 2.45) is 4.99 Å². The van der Waals surface area contributed by atoms with E-state index in [1.54, 1.807) is 6.08 Å². The van der Waals surface area contributed by atoms with Crippen LogP contribution < -0.4 is 0 Å². The number of isocyanates is 1. The fourth-order valence-corrected chi connectivity index (χ4v) is 2.06. The first-order chi connectivity index (χ1) is 6.94. The summed E-state index contributed by atoms with van der Waals surface area (Å²) >= 11 is 0. The molecule has 0 saturated heterocycles. The van der Waals surface area contributed by atoms with Gasteiger partial charge in [0.05, 0.1) is 11.2 Å². The SMILES string of the molecule is CCn1nc(C)c(C(C)(C)N=C=O)c1C. The number of hydrogen-bond donors (Lipinski definition) is 0. The highest BCUT2D eigenvalue weighted by molar-refractivity contribution is 5.40. The van der Waals surface area contributed by atoms with Crippen LogP contribution >= 0.6 is 0 Å². The van der Waals surface area contributed by atoms with Crippen molar-refractivity contribution in [3.8, 4) is 0 Å². The zero-order valence-corrected chi connectivity index (χ0v) is 9.96. The Kier molecular flexibility index (Phi) is 3.10. The quantitative estimate of drug-likeness (QED) is 0.563. The van der Waals surface area contributed by atoms with E-state index in [4.69, 9.17) is 0 Å². The maximum Gasteiger partial charge on any atom is 0.235 e. The normalized spacial score (nSPS) is 11.3. The molecule has 0 aliphatic rings. The van der Waals surface area contributed by atoms with E-state index in [0.29, 0.717) is 0 Å². The molecule has 0 fully saturated rings. The van der Waals surface area contributed by atoms with E-state index in [9.17, 15) is 4.79 Å². The molecular weight excluding hydrogens is 190 g/mol. The lowest BCUT2D eigenvalue weighted by atomic mass is 9.93. The van der Waals surface area contributed by atoms with Gasteiger partial charge < -0.3 is 0 Å². The molecule has 0 atom stereocenters. The molecule has 0 aliphatic carbocycles. The molecule has 82 valence electrons. The molecule has 0 saturated carbocycles. The largest absolute Gasteiger partial charge is 0.270 e. The molecule has 15 heavy (non-hydrogen) atoms. The Morgan fingerprint density at radius 1 is 1.47 bits per heavy atom. The van der Waals surface area contributed by atoms with Crippen molar-refractivity contribution in [1.82, 2.24) is 9.78 Å². The summed E-state index contributed by atoms with van der Waals surface area (Å²) in [5.74, 6) is 0. The number of carbonyl (C=O) groups excluding carboxylic acids is 1. The third-order valence-corrected chi connectivity index (χ3v) is 2.62. The van der Waals surface area contributed by atoms with Crippen LogP contribution in [-0.4, -0.2) is 15.9 Å². The highest BCUT2D eigenvalue weighted by Crippen LogP contribution is 2.29. The molecule has 0 aromatic carbocycles. The standard InChI is InChI=1S/C11H17N3O/c1-6-14-9(3)10(8(2)13-14)11(4,5)12-7-15/h6H2,1-5H3. The second kappa shape index (κ2) is 3.99. The summed E-state index contributed by atoms with van der Waals surface area (Å²) in [7, 11) is 0.